The Kier molecular flexibility index (Phi) is 6.27. The van der Waals surface area contributed by atoms with Crippen molar-refractivity contribution >= 4 is 27.9 Å². The van der Waals surface area contributed by atoms with Gasteiger partial charge in [0.2, 0.25) is 0 Å². The van der Waals surface area contributed by atoms with Gasteiger partial charge in [-0.25, -0.2) is 4.98 Å². The average Bonchev–Trinajstić information content (AvgIpc) is 3.49. The monoisotopic (exact) mass is 467 g/mol. The summed E-state index contributed by atoms with van der Waals surface area (Å²) >= 11 is 0. The molecule has 178 valence electrons. The largest absolute Gasteiger partial charge is 0.493 e. The number of ether oxygens (including phenoxy) is 2. The van der Waals surface area contributed by atoms with E-state index in [1.165, 1.54) is 10.9 Å². The van der Waals surface area contributed by atoms with E-state index in [1.54, 1.807) is 0 Å². The summed E-state index contributed by atoms with van der Waals surface area (Å²) in [5, 5.41) is 1.20. The molecule has 0 radical (unpaired) electrons. The number of carbonyl (C=O) groups excluding carboxylic acids is 1. The number of hydrogen-bond acceptors (Lipinski definition) is 4. The van der Waals surface area contributed by atoms with Gasteiger partial charge in [-0.15, -0.1) is 0 Å². The maximum Gasteiger partial charge on any atom is 0.305 e. The van der Waals surface area contributed by atoms with Crippen LogP contribution in [0.1, 0.15) is 30.9 Å². The van der Waals surface area contributed by atoms with Crippen molar-refractivity contribution in [2.45, 2.75) is 33.6 Å². The highest BCUT2D eigenvalue weighted by Crippen LogP contribution is 2.32. The van der Waals surface area contributed by atoms with E-state index < -0.39 is 0 Å². The first-order valence-electron chi connectivity index (χ1n) is 12.0. The molecule has 6 nitrogen and oxygen atoms in total. The molecule has 0 aliphatic rings. The summed E-state index contributed by atoms with van der Waals surface area (Å²) in [6.45, 7) is 6.77. The standard InChI is InChI=1S/C29H29N3O3/c1-4-34-27(33)6-5-13-35-28-18(2)14-23(15-19(28)3)29-31-25-10-8-21(17-26(25)32-29)20-7-9-24-22(16-20)11-12-30-24/h7-12,14-17,30H,4-6,13H2,1-3H3,(H,31,32). The molecule has 2 aromatic heterocycles. The Bertz CT molecular complexity index is 1490. The van der Waals surface area contributed by atoms with Crippen molar-refractivity contribution in [2.24, 2.45) is 0 Å². The molecular formula is C29H29N3O3. The predicted octanol–water partition coefficient (Wildman–Crippen LogP) is 6.72. The Morgan fingerprint density at radius 2 is 1.69 bits per heavy atom. The van der Waals surface area contributed by atoms with Gasteiger partial charge in [-0.05, 0) is 97.3 Å². The highest BCUT2D eigenvalue weighted by molar-refractivity contribution is 5.89. The van der Waals surface area contributed by atoms with E-state index in [2.05, 4.69) is 64.6 Å². The molecule has 0 saturated carbocycles. The fourth-order valence-electron chi connectivity index (χ4n) is 4.50. The zero-order valence-electron chi connectivity index (χ0n) is 20.3. The van der Waals surface area contributed by atoms with Crippen LogP contribution in [0.5, 0.6) is 5.75 Å². The highest BCUT2D eigenvalue weighted by Gasteiger charge is 2.12. The lowest BCUT2D eigenvalue weighted by Crippen LogP contribution is -2.07. The minimum atomic E-state index is -0.182. The van der Waals surface area contributed by atoms with Gasteiger partial charge in [-0.1, -0.05) is 12.1 Å². The highest BCUT2D eigenvalue weighted by atomic mass is 16.5. The maximum atomic E-state index is 11.5. The maximum absolute atomic E-state index is 11.5. The summed E-state index contributed by atoms with van der Waals surface area (Å²) in [4.78, 5) is 23.1. The summed E-state index contributed by atoms with van der Waals surface area (Å²) < 4.78 is 11.0. The van der Waals surface area contributed by atoms with Gasteiger partial charge in [0.05, 0.1) is 24.2 Å². The van der Waals surface area contributed by atoms with Crippen LogP contribution in [-0.2, 0) is 9.53 Å². The second-order valence-electron chi connectivity index (χ2n) is 8.79. The number of rotatable bonds is 8. The van der Waals surface area contributed by atoms with Crippen LogP contribution in [0.2, 0.25) is 0 Å². The second-order valence-corrected chi connectivity index (χ2v) is 8.79. The third kappa shape index (κ3) is 4.78. The summed E-state index contributed by atoms with van der Waals surface area (Å²) in [5.74, 6) is 1.51. The van der Waals surface area contributed by atoms with E-state index in [0.29, 0.717) is 26.1 Å². The van der Waals surface area contributed by atoms with Gasteiger partial charge in [0, 0.05) is 23.7 Å². The number of H-pyrrole nitrogens is 2. The van der Waals surface area contributed by atoms with Gasteiger partial charge < -0.3 is 19.4 Å². The lowest BCUT2D eigenvalue weighted by Gasteiger charge is -2.13. The van der Waals surface area contributed by atoms with Crippen LogP contribution in [0.15, 0.2) is 60.8 Å². The van der Waals surface area contributed by atoms with Crippen LogP contribution >= 0.6 is 0 Å². The minimum Gasteiger partial charge on any atom is -0.493 e. The van der Waals surface area contributed by atoms with Crippen LogP contribution < -0.4 is 4.74 Å². The molecule has 3 aromatic carbocycles. The van der Waals surface area contributed by atoms with Gasteiger partial charge in [-0.2, -0.15) is 0 Å². The molecule has 0 amide bonds. The van der Waals surface area contributed by atoms with Crippen molar-refractivity contribution in [2.75, 3.05) is 13.2 Å². The number of imidazole rings is 1. The summed E-state index contributed by atoms with van der Waals surface area (Å²) in [6.07, 6.45) is 2.95. The Morgan fingerprint density at radius 1 is 0.914 bits per heavy atom. The number of nitrogens with one attached hydrogen (secondary N) is 2. The fraction of sp³-hybridized carbons (Fsp3) is 0.241. The van der Waals surface area contributed by atoms with Gasteiger partial charge >= 0.3 is 5.97 Å². The quantitative estimate of drug-likeness (QED) is 0.196. The first kappa shape index (κ1) is 22.7. The number of esters is 1. The smallest absolute Gasteiger partial charge is 0.305 e. The van der Waals surface area contributed by atoms with E-state index in [4.69, 9.17) is 14.5 Å². The molecule has 2 N–H and O–H groups in total. The number of nitrogens with zero attached hydrogens (tertiary/aromatic N) is 1. The number of aromatic amines is 2. The van der Waals surface area contributed by atoms with Crippen molar-refractivity contribution in [1.29, 1.82) is 0 Å². The van der Waals surface area contributed by atoms with E-state index in [9.17, 15) is 4.79 Å². The number of hydrogen-bond donors (Lipinski definition) is 2. The van der Waals surface area contributed by atoms with Gasteiger partial charge in [0.1, 0.15) is 11.6 Å². The first-order chi connectivity index (χ1) is 17.0. The Hall–Kier alpha value is -4.06. The molecule has 0 atom stereocenters. The van der Waals surface area contributed by atoms with E-state index in [1.807, 2.05) is 27.0 Å². The number of fused-ring (bicyclic) bond motifs is 2. The number of carbonyl (C=O) groups is 1. The molecule has 0 fully saturated rings. The molecule has 2 heterocycles. The molecule has 0 aliphatic heterocycles. The van der Waals surface area contributed by atoms with E-state index in [0.717, 1.165) is 50.4 Å². The zero-order valence-corrected chi connectivity index (χ0v) is 20.3. The van der Waals surface area contributed by atoms with E-state index in [-0.39, 0.29) is 5.97 Å². The predicted molar refractivity (Wildman–Crippen MR) is 140 cm³/mol. The van der Waals surface area contributed by atoms with Crippen molar-refractivity contribution < 1.29 is 14.3 Å². The van der Waals surface area contributed by atoms with Gasteiger partial charge in [0.25, 0.3) is 0 Å². The molecule has 0 aliphatic carbocycles. The Morgan fingerprint density at radius 3 is 2.49 bits per heavy atom. The van der Waals surface area contributed by atoms with Crippen LogP contribution in [0.25, 0.3) is 44.5 Å². The van der Waals surface area contributed by atoms with Crippen LogP contribution in [0.4, 0.5) is 0 Å². The summed E-state index contributed by atoms with van der Waals surface area (Å²) in [6, 6.07) is 19.0. The third-order valence-electron chi connectivity index (χ3n) is 6.18. The van der Waals surface area contributed by atoms with Crippen molar-refractivity contribution in [3.8, 4) is 28.3 Å². The normalized spacial score (nSPS) is 11.3. The summed E-state index contributed by atoms with van der Waals surface area (Å²) in [5.41, 5.74) is 8.48. The molecule has 5 rings (SSSR count). The molecule has 6 heteroatoms. The molecular weight excluding hydrogens is 438 g/mol. The van der Waals surface area contributed by atoms with Crippen LogP contribution in [0, 0.1) is 13.8 Å². The molecule has 0 unspecified atom stereocenters. The summed E-state index contributed by atoms with van der Waals surface area (Å²) in [7, 11) is 0. The van der Waals surface area contributed by atoms with Crippen molar-refractivity contribution in [3.63, 3.8) is 0 Å². The first-order valence-corrected chi connectivity index (χ1v) is 12.0. The molecule has 5 aromatic rings. The minimum absolute atomic E-state index is 0.182. The van der Waals surface area contributed by atoms with Gasteiger partial charge in [0.15, 0.2) is 0 Å². The van der Waals surface area contributed by atoms with Crippen LogP contribution in [0.3, 0.4) is 0 Å². The molecule has 35 heavy (non-hydrogen) atoms. The topological polar surface area (TPSA) is 80.0 Å². The van der Waals surface area contributed by atoms with E-state index >= 15 is 0 Å². The third-order valence-corrected chi connectivity index (χ3v) is 6.18. The molecule has 0 bridgehead atoms. The average molecular weight is 468 g/mol. The lowest BCUT2D eigenvalue weighted by atomic mass is 10.0. The molecule has 0 saturated heterocycles. The van der Waals surface area contributed by atoms with Crippen molar-refractivity contribution in [1.82, 2.24) is 15.0 Å². The Balaban J connectivity index is 1.35. The zero-order chi connectivity index (χ0) is 24.4. The van der Waals surface area contributed by atoms with Gasteiger partial charge in [-0.3, -0.25) is 4.79 Å². The number of aromatic nitrogens is 3. The number of benzene rings is 3. The number of aryl methyl sites for hydroxylation is 2. The Labute approximate surface area is 204 Å². The fourth-order valence-corrected chi connectivity index (χ4v) is 4.50. The molecule has 0 spiro atoms. The lowest BCUT2D eigenvalue weighted by molar-refractivity contribution is -0.143. The van der Waals surface area contributed by atoms with Crippen LogP contribution in [-0.4, -0.2) is 34.1 Å². The van der Waals surface area contributed by atoms with Crippen molar-refractivity contribution in [3.05, 3.63) is 71.9 Å². The SMILES string of the molecule is CCOC(=O)CCCOc1c(C)cc(-c2nc3ccc(-c4ccc5[nH]ccc5c4)cc3[nH]2)cc1C. The second kappa shape index (κ2) is 9.66.